The molecule has 0 saturated carbocycles. The van der Waals surface area contributed by atoms with Crippen LogP contribution in [0.15, 0.2) is 46.8 Å². The molecule has 2 aliphatic heterocycles. The molecule has 1 aromatic heterocycles. The number of tetrazole rings is 1. The van der Waals surface area contributed by atoms with Gasteiger partial charge in [0.2, 0.25) is 5.16 Å². The predicted molar refractivity (Wildman–Crippen MR) is 111 cm³/mol. The molecule has 0 spiro atoms. The van der Waals surface area contributed by atoms with E-state index in [1.165, 1.54) is 33.1 Å². The van der Waals surface area contributed by atoms with Crippen LogP contribution in [-0.2, 0) is 21.4 Å². The zero-order valence-corrected chi connectivity index (χ0v) is 17.8. The minimum absolute atomic E-state index is 0.0783. The lowest BCUT2D eigenvalue weighted by Crippen LogP contribution is -2.70. The topological polar surface area (TPSA) is 151 Å². The average molecular weight is 463 g/mol. The van der Waals surface area contributed by atoms with Crippen LogP contribution in [0.1, 0.15) is 11.7 Å². The summed E-state index contributed by atoms with van der Waals surface area (Å²) in [7, 11) is 1.68. The fourth-order valence-corrected chi connectivity index (χ4v) is 5.64. The molecule has 1 fully saturated rings. The number of carboxylic acid groups (broad SMARTS) is 1. The monoisotopic (exact) mass is 462 g/mol. The van der Waals surface area contributed by atoms with Crippen molar-refractivity contribution in [2.45, 2.75) is 22.7 Å². The number of β-lactam (4-membered cyclic amide) rings is 1. The van der Waals surface area contributed by atoms with Crippen molar-refractivity contribution in [3.63, 3.8) is 0 Å². The van der Waals surface area contributed by atoms with Gasteiger partial charge >= 0.3 is 5.97 Å². The van der Waals surface area contributed by atoms with Crippen molar-refractivity contribution in [2.75, 3.05) is 11.5 Å². The quantitative estimate of drug-likeness (QED) is 0.372. The Labute approximate surface area is 184 Å². The maximum absolute atomic E-state index is 12.7. The van der Waals surface area contributed by atoms with E-state index in [1.807, 2.05) is 0 Å². The fraction of sp³-hybridized carbons (Fsp3) is 0.333. The van der Waals surface area contributed by atoms with Crippen LogP contribution in [0.25, 0.3) is 0 Å². The number of carbonyl (C=O) groups excluding carboxylic acids is 2. The van der Waals surface area contributed by atoms with Gasteiger partial charge < -0.3 is 15.5 Å². The molecular weight excluding hydrogens is 444 g/mol. The first-order valence-corrected chi connectivity index (χ1v) is 11.2. The summed E-state index contributed by atoms with van der Waals surface area (Å²) in [6, 6.07) is 7.46. The van der Waals surface area contributed by atoms with E-state index in [9.17, 15) is 24.6 Å². The van der Waals surface area contributed by atoms with Crippen molar-refractivity contribution < 1.29 is 24.6 Å². The molecule has 1 aromatic carbocycles. The SMILES string of the molecule is Cn1nnnc1SCC1=C(C(=O)O)N2C(=O)[C@H](NC(=O)[C@@H](O)c3ccccc3)[C@H]2SC1. The molecule has 162 valence electrons. The number of nitrogens with one attached hydrogen (secondary N) is 1. The highest BCUT2D eigenvalue weighted by Crippen LogP contribution is 2.41. The van der Waals surface area contributed by atoms with Gasteiger partial charge in [-0.3, -0.25) is 14.5 Å². The van der Waals surface area contributed by atoms with Crippen molar-refractivity contribution in [3.8, 4) is 0 Å². The van der Waals surface area contributed by atoms with E-state index in [0.717, 1.165) is 0 Å². The number of hydrogen-bond donors (Lipinski definition) is 3. The molecule has 0 bridgehead atoms. The Hall–Kier alpha value is -2.90. The van der Waals surface area contributed by atoms with Gasteiger partial charge in [0, 0.05) is 18.6 Å². The number of aromatic nitrogens is 4. The number of carboxylic acids is 1. The molecule has 3 heterocycles. The maximum Gasteiger partial charge on any atom is 0.352 e. The third-order valence-electron chi connectivity index (χ3n) is 4.87. The van der Waals surface area contributed by atoms with Gasteiger partial charge in [-0.25, -0.2) is 9.48 Å². The number of hydrogen-bond acceptors (Lipinski definition) is 9. The largest absolute Gasteiger partial charge is 0.477 e. The van der Waals surface area contributed by atoms with Gasteiger partial charge in [0.25, 0.3) is 11.8 Å². The molecule has 1 saturated heterocycles. The summed E-state index contributed by atoms with van der Waals surface area (Å²) in [4.78, 5) is 38.2. The van der Waals surface area contributed by atoms with Crippen molar-refractivity contribution >= 4 is 41.3 Å². The van der Waals surface area contributed by atoms with E-state index < -0.39 is 35.3 Å². The second-order valence-electron chi connectivity index (χ2n) is 6.84. The summed E-state index contributed by atoms with van der Waals surface area (Å²) in [6.45, 7) is 0. The molecule has 3 atom stereocenters. The number of aliphatic hydroxyl groups is 1. The van der Waals surface area contributed by atoms with Crippen molar-refractivity contribution in [1.82, 2.24) is 30.4 Å². The average Bonchev–Trinajstić information content (AvgIpc) is 3.19. The van der Waals surface area contributed by atoms with Gasteiger partial charge in [0.1, 0.15) is 17.1 Å². The van der Waals surface area contributed by atoms with Crippen LogP contribution in [0.5, 0.6) is 0 Å². The van der Waals surface area contributed by atoms with Crippen LogP contribution in [0, 0.1) is 0 Å². The number of benzene rings is 1. The summed E-state index contributed by atoms with van der Waals surface area (Å²) >= 11 is 2.64. The number of aliphatic hydroxyl groups excluding tert-OH is 1. The van der Waals surface area contributed by atoms with E-state index in [4.69, 9.17) is 0 Å². The van der Waals surface area contributed by atoms with Gasteiger partial charge in [0.05, 0.1) is 0 Å². The van der Waals surface area contributed by atoms with Crippen LogP contribution in [-0.4, -0.2) is 76.0 Å². The molecule has 31 heavy (non-hydrogen) atoms. The molecule has 2 aromatic rings. The Bertz CT molecular complexity index is 1060. The third kappa shape index (κ3) is 4.03. The Balaban J connectivity index is 1.46. The number of nitrogens with zero attached hydrogens (tertiary/aromatic N) is 5. The minimum Gasteiger partial charge on any atom is -0.477 e. The first kappa shape index (κ1) is 21.3. The molecule has 0 radical (unpaired) electrons. The summed E-state index contributed by atoms with van der Waals surface area (Å²) in [6.07, 6.45) is -1.42. The zero-order valence-electron chi connectivity index (χ0n) is 16.2. The summed E-state index contributed by atoms with van der Waals surface area (Å²) in [5.74, 6) is -1.75. The molecule has 2 amide bonds. The molecular formula is C18H18N6O5S2. The number of aliphatic carboxylic acids is 1. The van der Waals surface area contributed by atoms with Crippen molar-refractivity contribution in [3.05, 3.63) is 47.2 Å². The van der Waals surface area contributed by atoms with E-state index in [2.05, 4.69) is 20.8 Å². The van der Waals surface area contributed by atoms with Gasteiger partial charge in [-0.2, -0.15) is 0 Å². The van der Waals surface area contributed by atoms with E-state index in [-0.39, 0.29) is 5.70 Å². The van der Waals surface area contributed by atoms with Crippen LogP contribution < -0.4 is 5.32 Å². The van der Waals surface area contributed by atoms with E-state index in [1.54, 1.807) is 37.4 Å². The minimum atomic E-state index is -1.42. The standard InChI is InChI=1S/C18H18N6O5S2/c1-23-18(20-21-22-23)31-8-10-7-30-16-11(15(27)24(16)12(10)17(28)29)19-14(26)13(25)9-5-3-2-4-6-9/h2-6,11,13,16,25H,7-8H2,1H3,(H,19,26)(H,28,29)/t11-,13-,16+/m0/s1. The number of amides is 2. The number of aryl methyl sites for hydroxylation is 1. The maximum atomic E-state index is 12.7. The number of rotatable bonds is 7. The van der Waals surface area contributed by atoms with Crippen LogP contribution in [0.2, 0.25) is 0 Å². The second kappa shape index (κ2) is 8.69. The number of fused-ring (bicyclic) bond motifs is 1. The molecule has 0 aliphatic carbocycles. The zero-order chi connectivity index (χ0) is 22.1. The Morgan fingerprint density at radius 3 is 2.74 bits per heavy atom. The predicted octanol–water partition coefficient (Wildman–Crippen LogP) is -0.226. The molecule has 0 unspecified atom stereocenters. The van der Waals surface area contributed by atoms with Crippen molar-refractivity contribution in [2.24, 2.45) is 7.05 Å². The van der Waals surface area contributed by atoms with Crippen molar-refractivity contribution in [1.29, 1.82) is 0 Å². The van der Waals surface area contributed by atoms with Gasteiger partial charge in [-0.05, 0) is 21.6 Å². The highest BCUT2D eigenvalue weighted by molar-refractivity contribution is 8.01. The smallest absolute Gasteiger partial charge is 0.352 e. The summed E-state index contributed by atoms with van der Waals surface area (Å²) < 4.78 is 1.48. The van der Waals surface area contributed by atoms with Gasteiger partial charge in [0.15, 0.2) is 6.10 Å². The van der Waals surface area contributed by atoms with Crippen LogP contribution in [0.4, 0.5) is 0 Å². The Morgan fingerprint density at radius 1 is 1.35 bits per heavy atom. The fourth-order valence-electron chi connectivity index (χ4n) is 3.31. The van der Waals surface area contributed by atoms with Crippen LogP contribution >= 0.6 is 23.5 Å². The molecule has 11 nitrogen and oxygen atoms in total. The summed E-state index contributed by atoms with van der Waals surface area (Å²) in [5, 5.41) is 33.6. The van der Waals surface area contributed by atoms with E-state index in [0.29, 0.717) is 27.8 Å². The lowest BCUT2D eigenvalue weighted by atomic mass is 10.0. The molecule has 3 N–H and O–H groups in total. The lowest BCUT2D eigenvalue weighted by molar-refractivity contribution is -0.151. The van der Waals surface area contributed by atoms with Gasteiger partial charge in [-0.15, -0.1) is 16.9 Å². The lowest BCUT2D eigenvalue weighted by Gasteiger charge is -2.49. The Kier molecular flexibility index (Phi) is 5.98. The molecule has 13 heteroatoms. The first-order chi connectivity index (χ1) is 14.9. The van der Waals surface area contributed by atoms with Crippen LogP contribution in [0.3, 0.4) is 0 Å². The first-order valence-electron chi connectivity index (χ1n) is 9.17. The Morgan fingerprint density at radius 2 is 2.10 bits per heavy atom. The highest BCUT2D eigenvalue weighted by atomic mass is 32.2. The third-order valence-corrected chi connectivity index (χ3v) is 7.30. The van der Waals surface area contributed by atoms with E-state index >= 15 is 0 Å². The summed E-state index contributed by atoms with van der Waals surface area (Å²) in [5.41, 5.74) is 0.901. The van der Waals surface area contributed by atoms with Gasteiger partial charge in [-0.1, -0.05) is 42.1 Å². The number of carbonyl (C=O) groups is 3. The molecule has 2 aliphatic rings. The normalized spacial score (nSPS) is 21.4. The molecule has 4 rings (SSSR count). The highest BCUT2D eigenvalue weighted by Gasteiger charge is 2.54. The number of thioether (sulfide) groups is 2. The second-order valence-corrected chi connectivity index (χ2v) is 8.89.